The molecule has 1 aliphatic rings. The Labute approximate surface area is 169 Å². The number of para-hydroxylation sites is 1. The van der Waals surface area contributed by atoms with E-state index < -0.39 is 12.1 Å². The van der Waals surface area contributed by atoms with Gasteiger partial charge in [-0.25, -0.2) is 9.78 Å². The number of rotatable bonds is 9. The maximum absolute atomic E-state index is 12.6. The van der Waals surface area contributed by atoms with Crippen molar-refractivity contribution in [2.75, 3.05) is 20.2 Å². The molecule has 0 radical (unpaired) electrons. The monoisotopic (exact) mass is 399 g/mol. The Morgan fingerprint density at radius 2 is 2.07 bits per heavy atom. The maximum atomic E-state index is 12.6. The van der Waals surface area contributed by atoms with Crippen molar-refractivity contribution < 1.29 is 19.1 Å². The Kier molecular flexibility index (Phi) is 6.48. The Morgan fingerprint density at radius 1 is 1.28 bits per heavy atom. The van der Waals surface area contributed by atoms with Gasteiger partial charge < -0.3 is 19.9 Å². The van der Waals surface area contributed by atoms with E-state index in [1.807, 2.05) is 42.0 Å². The third-order valence-corrected chi connectivity index (χ3v) is 4.89. The van der Waals surface area contributed by atoms with Gasteiger partial charge in [0.1, 0.15) is 17.6 Å². The van der Waals surface area contributed by atoms with Gasteiger partial charge in [0.15, 0.2) is 0 Å². The lowest BCUT2D eigenvalue weighted by molar-refractivity contribution is -0.130. The fourth-order valence-electron chi connectivity index (χ4n) is 3.28. The fourth-order valence-corrected chi connectivity index (χ4v) is 3.28. The topological polar surface area (TPSA) is 106 Å². The summed E-state index contributed by atoms with van der Waals surface area (Å²) in [6.07, 6.45) is 3.93. The highest BCUT2D eigenvalue weighted by atomic mass is 16.5. The van der Waals surface area contributed by atoms with E-state index in [1.165, 1.54) is 0 Å². The molecule has 29 heavy (non-hydrogen) atoms. The van der Waals surface area contributed by atoms with Gasteiger partial charge >= 0.3 is 6.03 Å². The van der Waals surface area contributed by atoms with Crippen LogP contribution in [0.25, 0.3) is 0 Å². The first kappa shape index (κ1) is 20.4. The Bertz CT molecular complexity index is 895. The van der Waals surface area contributed by atoms with Crippen LogP contribution in [0.2, 0.25) is 0 Å². The van der Waals surface area contributed by atoms with Gasteiger partial charge in [-0.05, 0) is 25.0 Å². The zero-order valence-electron chi connectivity index (χ0n) is 16.6. The lowest BCUT2D eigenvalue weighted by Gasteiger charge is -2.14. The largest absolute Gasteiger partial charge is 0.496 e. The second-order valence-electron chi connectivity index (χ2n) is 6.78. The molecule has 9 heteroatoms. The molecule has 9 nitrogen and oxygen atoms in total. The second kappa shape index (κ2) is 9.22. The lowest BCUT2D eigenvalue weighted by atomic mass is 10.1. The third-order valence-electron chi connectivity index (χ3n) is 4.89. The number of hydrogen-bond acceptors (Lipinski definition) is 5. The van der Waals surface area contributed by atoms with Crippen LogP contribution < -0.4 is 15.4 Å². The van der Waals surface area contributed by atoms with Gasteiger partial charge in [0.25, 0.3) is 5.91 Å². The molecule has 1 saturated heterocycles. The number of ether oxygens (including phenoxy) is 1. The SMILES string of the molecule is COc1ccccc1CCN1C(=O)NC(CC(=O)NCCn2ccnc2C)C1=O. The summed E-state index contributed by atoms with van der Waals surface area (Å²) in [5.74, 6) is 0.908. The van der Waals surface area contributed by atoms with E-state index >= 15 is 0 Å². The first-order valence-electron chi connectivity index (χ1n) is 9.47. The first-order valence-corrected chi connectivity index (χ1v) is 9.47. The third kappa shape index (κ3) is 4.92. The number of urea groups is 1. The van der Waals surface area contributed by atoms with Crippen molar-refractivity contribution >= 4 is 17.8 Å². The molecule has 0 bridgehead atoms. The van der Waals surface area contributed by atoms with Gasteiger partial charge in [-0.15, -0.1) is 0 Å². The molecule has 1 atom stereocenters. The van der Waals surface area contributed by atoms with Crippen molar-refractivity contribution in [1.29, 1.82) is 0 Å². The van der Waals surface area contributed by atoms with Crippen molar-refractivity contribution in [2.24, 2.45) is 0 Å². The number of imidazole rings is 1. The van der Waals surface area contributed by atoms with Crippen LogP contribution in [0.1, 0.15) is 17.8 Å². The summed E-state index contributed by atoms with van der Waals surface area (Å²) in [4.78, 5) is 42.2. The van der Waals surface area contributed by atoms with Crippen LogP contribution in [0.3, 0.4) is 0 Å². The highest BCUT2D eigenvalue weighted by molar-refractivity contribution is 6.05. The number of carbonyl (C=O) groups excluding carboxylic acids is 3. The molecule has 4 amide bonds. The molecule has 0 saturated carbocycles. The summed E-state index contributed by atoms with van der Waals surface area (Å²) < 4.78 is 7.22. The number of nitrogens with zero attached hydrogens (tertiary/aromatic N) is 3. The first-order chi connectivity index (χ1) is 14.0. The molecule has 1 aromatic carbocycles. The van der Waals surface area contributed by atoms with Crippen molar-refractivity contribution in [3.63, 3.8) is 0 Å². The molecule has 2 aromatic rings. The molecule has 0 aliphatic carbocycles. The molecular weight excluding hydrogens is 374 g/mol. The number of aryl methyl sites for hydroxylation is 1. The summed E-state index contributed by atoms with van der Waals surface area (Å²) in [5.41, 5.74) is 0.909. The minimum absolute atomic E-state index is 0.0847. The van der Waals surface area contributed by atoms with Crippen LogP contribution in [0.4, 0.5) is 4.79 Å². The molecule has 2 heterocycles. The molecule has 1 aliphatic heterocycles. The molecule has 154 valence electrons. The standard InChI is InChI=1S/C20H25N5O4/c1-14-21-8-11-24(14)12-9-22-18(26)13-16-19(27)25(20(28)23-16)10-7-15-5-3-4-6-17(15)29-2/h3-6,8,11,16H,7,9-10,12-13H2,1-2H3,(H,22,26)(H,23,28). The van der Waals surface area contributed by atoms with Gasteiger partial charge in [-0.1, -0.05) is 18.2 Å². The average Bonchev–Trinajstić information content (AvgIpc) is 3.23. The molecule has 1 fully saturated rings. The quantitative estimate of drug-likeness (QED) is 0.609. The van der Waals surface area contributed by atoms with E-state index in [-0.39, 0.29) is 24.8 Å². The number of methoxy groups -OCH3 is 1. The van der Waals surface area contributed by atoms with Gasteiger partial charge in [0.05, 0.1) is 13.5 Å². The minimum Gasteiger partial charge on any atom is -0.496 e. The smallest absolute Gasteiger partial charge is 0.324 e. The second-order valence-corrected chi connectivity index (χ2v) is 6.78. The fraction of sp³-hybridized carbons (Fsp3) is 0.400. The van der Waals surface area contributed by atoms with Crippen LogP contribution in [0.15, 0.2) is 36.7 Å². The average molecular weight is 399 g/mol. The van der Waals surface area contributed by atoms with Crippen molar-refractivity contribution in [3.05, 3.63) is 48.0 Å². The van der Waals surface area contributed by atoms with Crippen LogP contribution >= 0.6 is 0 Å². The molecule has 1 aromatic heterocycles. The van der Waals surface area contributed by atoms with Crippen molar-refractivity contribution in [1.82, 2.24) is 25.1 Å². The number of nitrogens with one attached hydrogen (secondary N) is 2. The zero-order chi connectivity index (χ0) is 20.8. The van der Waals surface area contributed by atoms with E-state index in [2.05, 4.69) is 15.6 Å². The van der Waals surface area contributed by atoms with E-state index in [0.29, 0.717) is 25.3 Å². The summed E-state index contributed by atoms with van der Waals surface area (Å²) in [7, 11) is 1.58. The normalized spacial score (nSPS) is 16.1. The minimum atomic E-state index is -0.838. The van der Waals surface area contributed by atoms with Gasteiger partial charge in [0, 0.05) is 32.0 Å². The summed E-state index contributed by atoms with van der Waals surface area (Å²) >= 11 is 0. The Hall–Kier alpha value is -3.36. The molecule has 3 rings (SSSR count). The van der Waals surface area contributed by atoms with E-state index in [4.69, 9.17) is 4.74 Å². The van der Waals surface area contributed by atoms with E-state index in [0.717, 1.165) is 16.3 Å². The number of benzene rings is 1. The summed E-state index contributed by atoms with van der Waals surface area (Å²) in [5, 5.41) is 5.36. The van der Waals surface area contributed by atoms with Crippen LogP contribution in [0.5, 0.6) is 5.75 Å². The molecule has 2 N–H and O–H groups in total. The predicted octanol–water partition coefficient (Wildman–Crippen LogP) is 0.870. The molecule has 0 spiro atoms. The number of amides is 4. The number of carbonyl (C=O) groups is 3. The van der Waals surface area contributed by atoms with Crippen LogP contribution in [-0.2, 0) is 22.6 Å². The van der Waals surface area contributed by atoms with Crippen LogP contribution in [0, 0.1) is 6.92 Å². The number of imide groups is 1. The van der Waals surface area contributed by atoms with Crippen molar-refractivity contribution in [2.45, 2.75) is 32.4 Å². The number of aromatic nitrogens is 2. The van der Waals surface area contributed by atoms with Crippen molar-refractivity contribution in [3.8, 4) is 5.75 Å². The van der Waals surface area contributed by atoms with Crippen LogP contribution in [-0.4, -0.2) is 58.5 Å². The van der Waals surface area contributed by atoms with Gasteiger partial charge in [0.2, 0.25) is 5.91 Å². The zero-order valence-corrected chi connectivity index (χ0v) is 16.6. The maximum Gasteiger partial charge on any atom is 0.324 e. The van der Waals surface area contributed by atoms with E-state index in [9.17, 15) is 14.4 Å². The predicted molar refractivity (Wildman–Crippen MR) is 105 cm³/mol. The summed E-state index contributed by atoms with van der Waals surface area (Å²) in [6.45, 7) is 3.12. The Balaban J connectivity index is 1.48. The Morgan fingerprint density at radius 3 is 2.79 bits per heavy atom. The lowest BCUT2D eigenvalue weighted by Crippen LogP contribution is -2.37. The van der Waals surface area contributed by atoms with Gasteiger partial charge in [-0.3, -0.25) is 14.5 Å². The highest BCUT2D eigenvalue weighted by Crippen LogP contribution is 2.19. The molecule has 1 unspecified atom stereocenters. The summed E-state index contributed by atoms with van der Waals surface area (Å²) in [6, 6.07) is 6.15. The van der Waals surface area contributed by atoms with E-state index in [1.54, 1.807) is 13.3 Å². The number of hydrogen-bond donors (Lipinski definition) is 2. The van der Waals surface area contributed by atoms with Gasteiger partial charge in [-0.2, -0.15) is 0 Å². The molecular formula is C20H25N5O4. The highest BCUT2D eigenvalue weighted by Gasteiger charge is 2.38.